The van der Waals surface area contributed by atoms with Crippen molar-refractivity contribution >= 4 is 15.9 Å². The van der Waals surface area contributed by atoms with Gasteiger partial charge in [-0.05, 0) is 70.7 Å². The fourth-order valence-corrected chi connectivity index (χ4v) is 5.11. The highest BCUT2D eigenvalue weighted by Gasteiger charge is 2.34. The number of hydrogen-bond acceptors (Lipinski definition) is 4. The molecule has 138 valence electrons. The fraction of sp³-hybridized carbons (Fsp3) is 0.611. The van der Waals surface area contributed by atoms with Gasteiger partial charge in [0.2, 0.25) is 10.0 Å². The van der Waals surface area contributed by atoms with Crippen LogP contribution in [0, 0.1) is 0 Å². The average Bonchev–Trinajstić information content (AvgIpc) is 2.84. The molecule has 25 heavy (non-hydrogen) atoms. The molecule has 0 radical (unpaired) electrons. The van der Waals surface area contributed by atoms with E-state index in [0.717, 1.165) is 12.8 Å². The Morgan fingerprint density at radius 2 is 1.64 bits per heavy atom. The molecule has 7 heteroatoms. The van der Waals surface area contributed by atoms with Gasteiger partial charge in [-0.25, -0.2) is 13.1 Å². The van der Waals surface area contributed by atoms with E-state index < -0.39 is 15.6 Å². The van der Waals surface area contributed by atoms with Gasteiger partial charge in [-0.15, -0.1) is 0 Å². The quantitative estimate of drug-likeness (QED) is 0.759. The summed E-state index contributed by atoms with van der Waals surface area (Å²) in [7, 11) is -3.58. The van der Waals surface area contributed by atoms with Crippen molar-refractivity contribution in [1.29, 1.82) is 0 Å². The first-order chi connectivity index (χ1) is 11.6. The number of hydrogen-bond donors (Lipinski definition) is 3. The third kappa shape index (κ3) is 4.59. The van der Waals surface area contributed by atoms with Crippen molar-refractivity contribution in [1.82, 2.24) is 15.4 Å². The third-order valence-corrected chi connectivity index (χ3v) is 6.45. The molecule has 0 aromatic heterocycles. The first-order valence-electron chi connectivity index (χ1n) is 8.83. The molecule has 1 aromatic rings. The van der Waals surface area contributed by atoms with Gasteiger partial charge in [-0.3, -0.25) is 4.79 Å². The van der Waals surface area contributed by atoms with Crippen LogP contribution in [0.25, 0.3) is 0 Å². The van der Waals surface area contributed by atoms with Gasteiger partial charge in [-0.2, -0.15) is 0 Å². The molecular formula is C18H27N3O3S. The van der Waals surface area contributed by atoms with Crippen LogP contribution in [-0.4, -0.2) is 38.0 Å². The van der Waals surface area contributed by atoms with Crippen molar-refractivity contribution in [3.63, 3.8) is 0 Å². The monoisotopic (exact) mass is 365 g/mol. The third-order valence-electron chi connectivity index (χ3n) is 4.68. The summed E-state index contributed by atoms with van der Waals surface area (Å²) in [5.41, 5.74) is -0.0657. The van der Waals surface area contributed by atoms with E-state index in [1.807, 2.05) is 0 Å². The minimum absolute atomic E-state index is 0.140. The molecule has 0 spiro atoms. The predicted molar refractivity (Wildman–Crippen MR) is 97.0 cm³/mol. The Bertz CT molecular complexity index is 726. The minimum atomic E-state index is -3.58. The summed E-state index contributed by atoms with van der Waals surface area (Å²) in [6, 6.07) is 7.33. The normalized spacial score (nSPS) is 26.4. The van der Waals surface area contributed by atoms with Crippen LogP contribution in [0.5, 0.6) is 0 Å². The number of rotatable bonds is 4. The summed E-state index contributed by atoms with van der Waals surface area (Å²) in [5.74, 6) is -0.140. The van der Waals surface area contributed by atoms with Crippen LogP contribution in [0.15, 0.2) is 29.2 Å². The summed E-state index contributed by atoms with van der Waals surface area (Å²) in [6.45, 7) is 5.37. The average molecular weight is 365 g/mol. The highest BCUT2D eigenvalue weighted by atomic mass is 32.2. The smallest absolute Gasteiger partial charge is 0.251 e. The van der Waals surface area contributed by atoms with Gasteiger partial charge in [0.05, 0.1) is 4.90 Å². The Labute approximate surface area is 149 Å². The molecule has 2 heterocycles. The first kappa shape index (κ1) is 18.4. The molecule has 6 nitrogen and oxygen atoms in total. The maximum absolute atomic E-state index is 12.4. The van der Waals surface area contributed by atoms with Crippen molar-refractivity contribution < 1.29 is 13.2 Å². The largest absolute Gasteiger partial charge is 0.349 e. The lowest BCUT2D eigenvalue weighted by molar-refractivity contribution is 0.0924. The Hall–Kier alpha value is -1.44. The van der Waals surface area contributed by atoms with Crippen LogP contribution < -0.4 is 15.4 Å². The van der Waals surface area contributed by atoms with Crippen LogP contribution in [0.2, 0.25) is 0 Å². The van der Waals surface area contributed by atoms with E-state index in [-0.39, 0.29) is 16.8 Å². The molecule has 0 aliphatic carbocycles. The second-order valence-electron chi connectivity index (χ2n) is 8.16. The zero-order valence-electron chi connectivity index (χ0n) is 15.0. The Morgan fingerprint density at radius 3 is 2.16 bits per heavy atom. The molecule has 2 aliphatic heterocycles. The number of carbonyl (C=O) groups excluding carboxylic acids is 1. The summed E-state index contributed by atoms with van der Waals surface area (Å²) >= 11 is 0. The van der Waals surface area contributed by atoms with Crippen molar-refractivity contribution in [3.8, 4) is 0 Å². The number of nitrogens with one attached hydrogen (secondary N) is 3. The highest BCUT2D eigenvalue weighted by molar-refractivity contribution is 7.89. The van der Waals surface area contributed by atoms with E-state index >= 15 is 0 Å². The van der Waals surface area contributed by atoms with Crippen molar-refractivity contribution in [2.75, 3.05) is 0 Å². The van der Waals surface area contributed by atoms with Crippen LogP contribution in [0.3, 0.4) is 0 Å². The molecule has 2 unspecified atom stereocenters. The van der Waals surface area contributed by atoms with Gasteiger partial charge >= 0.3 is 0 Å². The van der Waals surface area contributed by atoms with Gasteiger partial charge in [0.15, 0.2) is 0 Å². The van der Waals surface area contributed by atoms with E-state index in [2.05, 4.69) is 15.4 Å². The van der Waals surface area contributed by atoms with Gasteiger partial charge in [-0.1, -0.05) is 0 Å². The second-order valence-corrected chi connectivity index (χ2v) is 9.84. The number of amides is 1. The van der Waals surface area contributed by atoms with Gasteiger partial charge < -0.3 is 10.6 Å². The van der Waals surface area contributed by atoms with Crippen LogP contribution in [0.1, 0.15) is 56.8 Å². The number of carbonyl (C=O) groups is 1. The molecule has 2 atom stereocenters. The summed E-state index contributed by atoms with van der Waals surface area (Å²) < 4.78 is 27.2. The van der Waals surface area contributed by atoms with E-state index in [4.69, 9.17) is 0 Å². The number of sulfonamides is 1. The molecule has 2 aliphatic rings. The van der Waals surface area contributed by atoms with E-state index in [0.29, 0.717) is 17.6 Å². The molecule has 2 saturated heterocycles. The summed E-state index contributed by atoms with van der Waals surface area (Å²) in [4.78, 5) is 12.6. The molecule has 0 saturated carbocycles. The molecule has 1 amide bonds. The molecule has 3 N–H and O–H groups in total. The van der Waals surface area contributed by atoms with Crippen LogP contribution >= 0.6 is 0 Å². The summed E-state index contributed by atoms with van der Waals surface area (Å²) in [5, 5.41) is 6.64. The number of piperidine rings is 1. The lowest BCUT2D eigenvalue weighted by Crippen LogP contribution is -2.48. The zero-order chi connectivity index (χ0) is 18.2. The standard InChI is InChI=1S/C18H27N3O3S/c1-18(2,3)21-25(23,24)16-8-4-12(5-9-16)17(22)20-15-10-13-6-7-14(11-15)19-13/h4-5,8-9,13-15,19,21H,6-7,10-11H2,1-3H3,(H,20,22). The Kier molecular flexibility index (Phi) is 4.92. The molecule has 2 bridgehead atoms. The zero-order valence-corrected chi connectivity index (χ0v) is 15.8. The predicted octanol–water partition coefficient (Wildman–Crippen LogP) is 1.78. The van der Waals surface area contributed by atoms with Gasteiger partial charge in [0.25, 0.3) is 5.91 Å². The summed E-state index contributed by atoms with van der Waals surface area (Å²) in [6.07, 6.45) is 4.29. The van der Waals surface area contributed by atoms with Gasteiger partial charge in [0.1, 0.15) is 0 Å². The van der Waals surface area contributed by atoms with Crippen molar-refractivity contribution in [2.24, 2.45) is 0 Å². The van der Waals surface area contributed by atoms with E-state index in [9.17, 15) is 13.2 Å². The van der Waals surface area contributed by atoms with Crippen LogP contribution in [-0.2, 0) is 10.0 Å². The van der Waals surface area contributed by atoms with Gasteiger partial charge in [0, 0.05) is 29.2 Å². The fourth-order valence-electron chi connectivity index (χ4n) is 3.69. The maximum atomic E-state index is 12.4. The highest BCUT2D eigenvalue weighted by Crippen LogP contribution is 2.27. The minimum Gasteiger partial charge on any atom is -0.349 e. The van der Waals surface area contributed by atoms with E-state index in [1.165, 1.54) is 25.0 Å². The van der Waals surface area contributed by atoms with Crippen molar-refractivity contribution in [2.45, 2.75) is 75.0 Å². The second kappa shape index (κ2) is 6.70. The maximum Gasteiger partial charge on any atom is 0.251 e. The topological polar surface area (TPSA) is 87.3 Å². The van der Waals surface area contributed by atoms with E-state index in [1.54, 1.807) is 32.9 Å². The molecule has 1 aromatic carbocycles. The number of fused-ring (bicyclic) bond motifs is 2. The molecule has 2 fully saturated rings. The van der Waals surface area contributed by atoms with Crippen LogP contribution in [0.4, 0.5) is 0 Å². The lowest BCUT2D eigenvalue weighted by Gasteiger charge is -2.29. The SMILES string of the molecule is CC(C)(C)NS(=O)(=O)c1ccc(C(=O)NC2CC3CCC(C2)N3)cc1. The Balaban J connectivity index is 1.65. The van der Waals surface area contributed by atoms with Crippen molar-refractivity contribution in [3.05, 3.63) is 29.8 Å². The Morgan fingerprint density at radius 1 is 1.08 bits per heavy atom. The molecular weight excluding hydrogens is 338 g/mol. The lowest BCUT2D eigenvalue weighted by atomic mass is 9.99. The number of benzene rings is 1. The molecule has 3 rings (SSSR count). The first-order valence-corrected chi connectivity index (χ1v) is 10.3.